The van der Waals surface area contributed by atoms with Gasteiger partial charge in [0.25, 0.3) is 0 Å². The highest BCUT2D eigenvalue weighted by molar-refractivity contribution is 6.35. The van der Waals surface area contributed by atoms with Gasteiger partial charge in [-0.15, -0.1) is 0 Å². The van der Waals surface area contributed by atoms with Crippen molar-refractivity contribution in [1.82, 2.24) is 0 Å². The van der Waals surface area contributed by atoms with E-state index >= 15 is 0 Å². The highest BCUT2D eigenvalue weighted by Gasteiger charge is 2.14. The van der Waals surface area contributed by atoms with E-state index in [1.165, 1.54) is 19.1 Å². The molecule has 0 heterocycles. The zero-order valence-corrected chi connectivity index (χ0v) is 7.59. The van der Waals surface area contributed by atoms with Crippen molar-refractivity contribution in [3.05, 3.63) is 28.3 Å². The summed E-state index contributed by atoms with van der Waals surface area (Å²) in [5.41, 5.74) is 0.250. The van der Waals surface area contributed by atoms with E-state index in [2.05, 4.69) is 0 Å². The van der Waals surface area contributed by atoms with E-state index in [0.717, 1.165) is 0 Å². The zero-order chi connectivity index (χ0) is 10.0. The lowest BCUT2D eigenvalue weighted by molar-refractivity contribution is 0.101. The first kappa shape index (κ1) is 9.56. The summed E-state index contributed by atoms with van der Waals surface area (Å²) < 4.78 is 0. The van der Waals surface area contributed by atoms with Gasteiger partial charge in [0.2, 0.25) is 0 Å². The van der Waals surface area contributed by atoms with Gasteiger partial charge in [-0.2, -0.15) is 5.26 Å². The molecule has 0 aliphatic carbocycles. The van der Waals surface area contributed by atoms with E-state index in [4.69, 9.17) is 16.9 Å². The number of benzene rings is 1. The first-order valence-electron chi connectivity index (χ1n) is 3.50. The summed E-state index contributed by atoms with van der Waals surface area (Å²) in [6.07, 6.45) is 0. The number of carbonyl (C=O) groups is 1. The molecule has 0 aliphatic heterocycles. The summed E-state index contributed by atoms with van der Waals surface area (Å²) in [4.78, 5) is 11.1. The fourth-order valence-electron chi connectivity index (χ4n) is 1.00. The molecule has 13 heavy (non-hydrogen) atoms. The van der Waals surface area contributed by atoms with Crippen LogP contribution in [0.2, 0.25) is 5.02 Å². The molecule has 0 aromatic heterocycles. The van der Waals surface area contributed by atoms with Crippen LogP contribution in [0, 0.1) is 11.3 Å². The second-order valence-electron chi connectivity index (χ2n) is 2.49. The van der Waals surface area contributed by atoms with Crippen molar-refractivity contribution < 1.29 is 9.90 Å². The Kier molecular flexibility index (Phi) is 2.54. The lowest BCUT2D eigenvalue weighted by atomic mass is 10.0. The van der Waals surface area contributed by atoms with Gasteiger partial charge in [-0.1, -0.05) is 11.6 Å². The van der Waals surface area contributed by atoms with Crippen molar-refractivity contribution >= 4 is 17.4 Å². The van der Waals surface area contributed by atoms with E-state index < -0.39 is 0 Å². The van der Waals surface area contributed by atoms with Crippen LogP contribution in [0.1, 0.15) is 22.8 Å². The minimum atomic E-state index is -0.336. The van der Waals surface area contributed by atoms with Gasteiger partial charge in [-0.3, -0.25) is 4.79 Å². The number of nitrogens with zero attached hydrogens (tertiary/aromatic N) is 1. The van der Waals surface area contributed by atoms with E-state index in [1.807, 2.05) is 6.07 Å². The van der Waals surface area contributed by atoms with Crippen LogP contribution < -0.4 is 0 Å². The molecule has 0 bridgehead atoms. The Hall–Kier alpha value is -1.53. The van der Waals surface area contributed by atoms with Gasteiger partial charge in [0.05, 0.1) is 22.2 Å². The van der Waals surface area contributed by atoms with Gasteiger partial charge in [-0.25, -0.2) is 0 Å². The third-order valence-electron chi connectivity index (χ3n) is 1.59. The second kappa shape index (κ2) is 3.46. The number of halogens is 1. The fraction of sp³-hybridized carbons (Fsp3) is 0.111. The Balaban J connectivity index is 3.53. The van der Waals surface area contributed by atoms with Gasteiger partial charge in [0.15, 0.2) is 5.78 Å². The summed E-state index contributed by atoms with van der Waals surface area (Å²) in [5.74, 6) is -0.525. The Morgan fingerprint density at radius 3 is 2.69 bits per heavy atom. The number of rotatable bonds is 1. The predicted octanol–water partition coefficient (Wildman–Crippen LogP) is 2.12. The highest BCUT2D eigenvalue weighted by atomic mass is 35.5. The Morgan fingerprint density at radius 2 is 2.23 bits per heavy atom. The van der Waals surface area contributed by atoms with Crippen LogP contribution in [0.3, 0.4) is 0 Å². The predicted molar refractivity (Wildman–Crippen MR) is 47.8 cm³/mol. The molecular weight excluding hydrogens is 190 g/mol. The van der Waals surface area contributed by atoms with Crippen molar-refractivity contribution in [1.29, 1.82) is 5.26 Å². The molecule has 1 N–H and O–H groups in total. The number of carbonyl (C=O) groups excluding carboxylic acids is 1. The van der Waals surface area contributed by atoms with E-state index in [9.17, 15) is 9.90 Å². The Bertz CT molecular complexity index is 407. The van der Waals surface area contributed by atoms with Crippen LogP contribution in [0.15, 0.2) is 12.1 Å². The first-order chi connectivity index (χ1) is 6.07. The summed E-state index contributed by atoms with van der Waals surface area (Å²) in [6.45, 7) is 1.29. The van der Waals surface area contributed by atoms with Crippen molar-refractivity contribution in [2.75, 3.05) is 0 Å². The van der Waals surface area contributed by atoms with Gasteiger partial charge < -0.3 is 5.11 Å². The van der Waals surface area contributed by atoms with Gasteiger partial charge in [-0.05, 0) is 19.1 Å². The Morgan fingerprint density at radius 1 is 1.62 bits per heavy atom. The summed E-state index contributed by atoms with van der Waals surface area (Å²) in [7, 11) is 0. The minimum absolute atomic E-state index is 0.0634. The average molecular weight is 196 g/mol. The smallest absolute Gasteiger partial charge is 0.162 e. The van der Waals surface area contributed by atoms with Gasteiger partial charge >= 0.3 is 0 Å². The van der Waals surface area contributed by atoms with Crippen LogP contribution in [0.5, 0.6) is 5.75 Å². The number of aromatic hydroxyl groups is 1. The molecule has 0 amide bonds. The first-order valence-corrected chi connectivity index (χ1v) is 3.88. The molecule has 0 fully saturated rings. The zero-order valence-electron chi connectivity index (χ0n) is 6.84. The van der Waals surface area contributed by atoms with E-state index in [0.29, 0.717) is 0 Å². The SMILES string of the molecule is CC(=O)c1c(C#N)ccc(O)c1Cl. The number of ketones is 1. The topological polar surface area (TPSA) is 61.1 Å². The normalized spacial score (nSPS) is 9.31. The molecule has 66 valence electrons. The maximum atomic E-state index is 11.1. The monoisotopic (exact) mass is 195 g/mol. The standard InChI is InChI=1S/C9H6ClNO2/c1-5(12)8-6(4-11)2-3-7(13)9(8)10/h2-3,13H,1H3. The number of hydrogen-bond donors (Lipinski definition) is 1. The largest absolute Gasteiger partial charge is 0.506 e. The average Bonchev–Trinajstić information content (AvgIpc) is 2.08. The van der Waals surface area contributed by atoms with Crippen LogP contribution in [-0.4, -0.2) is 10.9 Å². The van der Waals surface area contributed by atoms with E-state index in [-0.39, 0.29) is 27.7 Å². The maximum absolute atomic E-state index is 11.1. The third kappa shape index (κ3) is 1.63. The van der Waals surface area contributed by atoms with Crippen molar-refractivity contribution in [3.63, 3.8) is 0 Å². The third-order valence-corrected chi connectivity index (χ3v) is 1.98. The molecular formula is C9H6ClNO2. The minimum Gasteiger partial charge on any atom is -0.506 e. The lowest BCUT2D eigenvalue weighted by Gasteiger charge is -2.03. The Labute approximate surface area is 80.2 Å². The quantitative estimate of drug-likeness (QED) is 0.699. The molecule has 1 rings (SSSR count). The highest BCUT2D eigenvalue weighted by Crippen LogP contribution is 2.29. The van der Waals surface area contributed by atoms with E-state index in [1.54, 1.807) is 0 Å². The van der Waals surface area contributed by atoms with Crippen LogP contribution >= 0.6 is 11.6 Å². The van der Waals surface area contributed by atoms with Crippen LogP contribution in [0.4, 0.5) is 0 Å². The molecule has 0 unspecified atom stereocenters. The summed E-state index contributed by atoms with van der Waals surface area (Å²) in [5, 5.41) is 17.8. The van der Waals surface area contributed by atoms with Crippen LogP contribution in [0.25, 0.3) is 0 Å². The van der Waals surface area contributed by atoms with Crippen molar-refractivity contribution in [2.24, 2.45) is 0 Å². The molecule has 0 radical (unpaired) electrons. The molecule has 3 nitrogen and oxygen atoms in total. The summed E-state index contributed by atoms with van der Waals surface area (Å²) in [6, 6.07) is 4.47. The van der Waals surface area contributed by atoms with Gasteiger partial charge in [0.1, 0.15) is 5.75 Å². The van der Waals surface area contributed by atoms with Crippen molar-refractivity contribution in [3.8, 4) is 11.8 Å². The number of hydrogen-bond acceptors (Lipinski definition) is 3. The summed E-state index contributed by atoms with van der Waals surface area (Å²) >= 11 is 5.65. The number of nitriles is 1. The second-order valence-corrected chi connectivity index (χ2v) is 2.87. The fourth-order valence-corrected chi connectivity index (χ4v) is 1.30. The molecule has 1 aromatic carbocycles. The van der Waals surface area contributed by atoms with Crippen molar-refractivity contribution in [2.45, 2.75) is 6.92 Å². The molecule has 0 aliphatic rings. The van der Waals surface area contributed by atoms with Crippen LogP contribution in [-0.2, 0) is 0 Å². The number of phenolic OH excluding ortho intramolecular Hbond substituents is 1. The molecule has 0 atom stereocenters. The molecule has 0 saturated heterocycles. The molecule has 0 saturated carbocycles. The number of phenols is 1. The lowest BCUT2D eigenvalue weighted by Crippen LogP contribution is -1.97. The molecule has 0 spiro atoms. The molecule has 4 heteroatoms. The molecule has 1 aromatic rings. The van der Waals surface area contributed by atoms with Gasteiger partial charge in [0, 0.05) is 0 Å². The number of Topliss-reactive ketones (excluding diaryl/α,β-unsaturated/α-hetero) is 1. The maximum Gasteiger partial charge on any atom is 0.162 e.